The topological polar surface area (TPSA) is 48.8 Å². The maximum atomic E-state index is 5.47. The Morgan fingerprint density at radius 1 is 1.26 bits per heavy atom. The molecule has 122 valence electrons. The molecule has 1 atom stereocenters. The summed E-state index contributed by atoms with van der Waals surface area (Å²) in [6.07, 6.45) is 1.93. The number of nitrogens with zero attached hydrogens (tertiary/aromatic N) is 3. The van der Waals surface area contributed by atoms with Crippen LogP contribution in [0.2, 0.25) is 0 Å². The molecule has 3 heterocycles. The number of methoxy groups -OCH3 is 1. The summed E-state index contributed by atoms with van der Waals surface area (Å²) in [4.78, 5) is 7.04. The Morgan fingerprint density at radius 2 is 2.13 bits per heavy atom. The summed E-state index contributed by atoms with van der Waals surface area (Å²) in [6, 6.07) is 6.45. The summed E-state index contributed by atoms with van der Waals surface area (Å²) in [5.41, 5.74) is 2.38. The van der Waals surface area contributed by atoms with Gasteiger partial charge >= 0.3 is 0 Å². The molecule has 1 aromatic carbocycles. The fourth-order valence-electron chi connectivity index (χ4n) is 3.36. The number of hydrogen-bond acceptors (Lipinski definition) is 5. The zero-order valence-corrected chi connectivity index (χ0v) is 13.5. The molecule has 0 N–H and O–H groups in total. The molecule has 23 heavy (non-hydrogen) atoms. The van der Waals surface area contributed by atoms with Crippen LogP contribution >= 0.6 is 0 Å². The average Bonchev–Trinajstić information content (AvgIpc) is 3.17. The third kappa shape index (κ3) is 2.58. The summed E-state index contributed by atoms with van der Waals surface area (Å²) in [7, 11) is 1.72. The van der Waals surface area contributed by atoms with Gasteiger partial charge in [0.2, 0.25) is 6.79 Å². The smallest absolute Gasteiger partial charge is 0.231 e. The zero-order chi connectivity index (χ0) is 15.8. The lowest BCUT2D eigenvalue weighted by atomic mass is 10.1. The number of rotatable bonds is 4. The molecule has 0 saturated carbocycles. The third-order valence-corrected chi connectivity index (χ3v) is 4.62. The largest absolute Gasteiger partial charge is 0.454 e. The van der Waals surface area contributed by atoms with Gasteiger partial charge in [-0.05, 0) is 24.6 Å². The highest BCUT2D eigenvalue weighted by molar-refractivity contribution is 5.44. The summed E-state index contributed by atoms with van der Waals surface area (Å²) in [6.45, 7) is 5.96. The van der Waals surface area contributed by atoms with Crippen molar-refractivity contribution in [2.24, 2.45) is 0 Å². The van der Waals surface area contributed by atoms with Crippen molar-refractivity contribution in [2.45, 2.75) is 32.7 Å². The molecule has 2 aromatic rings. The van der Waals surface area contributed by atoms with Crippen molar-refractivity contribution in [2.75, 3.05) is 20.4 Å². The molecule has 6 nitrogen and oxygen atoms in total. The molecule has 1 aromatic heterocycles. The molecule has 0 aliphatic carbocycles. The van der Waals surface area contributed by atoms with Crippen LogP contribution in [0.5, 0.6) is 11.5 Å². The van der Waals surface area contributed by atoms with Gasteiger partial charge in [0.1, 0.15) is 5.82 Å². The Labute approximate surface area is 135 Å². The lowest BCUT2D eigenvalue weighted by molar-refractivity contribution is 0.143. The lowest BCUT2D eigenvalue weighted by Crippen LogP contribution is -2.37. The van der Waals surface area contributed by atoms with Crippen LogP contribution in [-0.2, 0) is 24.4 Å². The Bertz CT molecular complexity index is 713. The van der Waals surface area contributed by atoms with Crippen LogP contribution in [0.1, 0.15) is 30.0 Å². The first-order valence-corrected chi connectivity index (χ1v) is 7.92. The standard InChI is InChI=1S/C17H21N3O3/c1-12-17-18-8-14(10-21-2)20(17)6-5-19(12)9-13-3-4-15-16(7-13)23-11-22-15/h3-4,7-8,12H,5-6,9-11H2,1-2H3. The minimum atomic E-state index is 0.278. The van der Waals surface area contributed by atoms with E-state index in [-0.39, 0.29) is 6.04 Å². The van der Waals surface area contributed by atoms with Crippen LogP contribution in [-0.4, -0.2) is 34.9 Å². The number of aromatic nitrogens is 2. The number of hydrogen-bond donors (Lipinski definition) is 0. The molecule has 1 unspecified atom stereocenters. The fraction of sp³-hybridized carbons (Fsp3) is 0.471. The van der Waals surface area contributed by atoms with Gasteiger partial charge in [-0.1, -0.05) is 6.07 Å². The second-order valence-corrected chi connectivity index (χ2v) is 6.03. The van der Waals surface area contributed by atoms with Crippen LogP contribution < -0.4 is 9.47 Å². The summed E-state index contributed by atoms with van der Waals surface area (Å²) in [5, 5.41) is 0. The molecular weight excluding hydrogens is 294 g/mol. The van der Waals surface area contributed by atoms with E-state index in [1.807, 2.05) is 12.3 Å². The van der Waals surface area contributed by atoms with Crippen molar-refractivity contribution in [3.63, 3.8) is 0 Å². The van der Waals surface area contributed by atoms with E-state index in [2.05, 4.69) is 33.5 Å². The molecule has 2 aliphatic heterocycles. The average molecular weight is 315 g/mol. The molecular formula is C17H21N3O3. The second kappa shape index (κ2) is 5.86. The van der Waals surface area contributed by atoms with Crippen molar-refractivity contribution in [3.05, 3.63) is 41.5 Å². The number of imidazole rings is 1. The van der Waals surface area contributed by atoms with E-state index in [1.165, 1.54) is 5.56 Å². The van der Waals surface area contributed by atoms with Crippen molar-refractivity contribution >= 4 is 0 Å². The maximum Gasteiger partial charge on any atom is 0.231 e. The highest BCUT2D eigenvalue weighted by Gasteiger charge is 2.27. The monoisotopic (exact) mass is 315 g/mol. The molecule has 0 amide bonds. The Balaban J connectivity index is 1.52. The van der Waals surface area contributed by atoms with E-state index in [1.54, 1.807) is 7.11 Å². The first kappa shape index (κ1) is 14.5. The molecule has 0 spiro atoms. The van der Waals surface area contributed by atoms with Gasteiger partial charge in [-0.15, -0.1) is 0 Å². The van der Waals surface area contributed by atoms with E-state index in [0.717, 1.165) is 42.7 Å². The highest BCUT2D eigenvalue weighted by Crippen LogP contribution is 2.34. The second-order valence-electron chi connectivity index (χ2n) is 6.03. The quantitative estimate of drug-likeness (QED) is 0.867. The van der Waals surface area contributed by atoms with Crippen molar-refractivity contribution in [1.29, 1.82) is 0 Å². The van der Waals surface area contributed by atoms with E-state index >= 15 is 0 Å². The highest BCUT2D eigenvalue weighted by atomic mass is 16.7. The van der Waals surface area contributed by atoms with Gasteiger partial charge in [-0.2, -0.15) is 0 Å². The van der Waals surface area contributed by atoms with E-state index in [4.69, 9.17) is 14.2 Å². The number of ether oxygens (including phenoxy) is 3. The van der Waals surface area contributed by atoms with Gasteiger partial charge in [-0.3, -0.25) is 4.90 Å². The van der Waals surface area contributed by atoms with Crippen LogP contribution in [0.4, 0.5) is 0 Å². The summed E-state index contributed by atoms with van der Waals surface area (Å²) in [5.74, 6) is 2.79. The van der Waals surface area contributed by atoms with Gasteiger partial charge in [0.25, 0.3) is 0 Å². The van der Waals surface area contributed by atoms with Crippen LogP contribution in [0.25, 0.3) is 0 Å². The Hall–Kier alpha value is -2.05. The van der Waals surface area contributed by atoms with E-state index in [0.29, 0.717) is 13.4 Å². The summed E-state index contributed by atoms with van der Waals surface area (Å²) < 4.78 is 18.4. The summed E-state index contributed by atoms with van der Waals surface area (Å²) >= 11 is 0. The predicted molar refractivity (Wildman–Crippen MR) is 84.3 cm³/mol. The van der Waals surface area contributed by atoms with Crippen LogP contribution in [0.15, 0.2) is 24.4 Å². The minimum absolute atomic E-state index is 0.278. The van der Waals surface area contributed by atoms with Crippen molar-refractivity contribution in [3.8, 4) is 11.5 Å². The lowest BCUT2D eigenvalue weighted by Gasteiger charge is -2.34. The van der Waals surface area contributed by atoms with Gasteiger partial charge in [0.15, 0.2) is 11.5 Å². The Morgan fingerprint density at radius 3 is 3.00 bits per heavy atom. The van der Waals surface area contributed by atoms with Crippen molar-refractivity contribution in [1.82, 2.24) is 14.5 Å². The third-order valence-electron chi connectivity index (χ3n) is 4.62. The molecule has 2 aliphatic rings. The van der Waals surface area contributed by atoms with Gasteiger partial charge in [0, 0.05) is 26.7 Å². The maximum absolute atomic E-state index is 5.47. The van der Waals surface area contributed by atoms with Gasteiger partial charge in [-0.25, -0.2) is 4.98 Å². The molecule has 0 bridgehead atoms. The molecule has 4 rings (SSSR count). The number of fused-ring (bicyclic) bond motifs is 2. The molecule has 6 heteroatoms. The molecule has 0 fully saturated rings. The number of benzene rings is 1. The first-order valence-electron chi connectivity index (χ1n) is 7.92. The predicted octanol–water partition coefficient (Wildman–Crippen LogP) is 2.34. The minimum Gasteiger partial charge on any atom is -0.454 e. The normalized spacial score (nSPS) is 19.8. The van der Waals surface area contributed by atoms with Crippen molar-refractivity contribution < 1.29 is 14.2 Å². The van der Waals surface area contributed by atoms with E-state index < -0.39 is 0 Å². The van der Waals surface area contributed by atoms with Crippen LogP contribution in [0, 0.1) is 0 Å². The Kier molecular flexibility index (Phi) is 3.71. The SMILES string of the molecule is COCc1cnc2n1CCN(Cc1ccc3c(c1)OCO3)C2C. The molecule has 0 saturated heterocycles. The first-order chi connectivity index (χ1) is 11.3. The fourth-order valence-corrected chi connectivity index (χ4v) is 3.36. The van der Waals surface area contributed by atoms with Gasteiger partial charge in [0.05, 0.1) is 24.5 Å². The van der Waals surface area contributed by atoms with Crippen LogP contribution in [0.3, 0.4) is 0 Å². The zero-order valence-electron chi connectivity index (χ0n) is 13.5. The van der Waals surface area contributed by atoms with Gasteiger partial charge < -0.3 is 18.8 Å². The molecule has 0 radical (unpaired) electrons. The van der Waals surface area contributed by atoms with E-state index in [9.17, 15) is 0 Å².